The molecule has 0 radical (unpaired) electrons. The number of fused-ring (bicyclic) bond motifs is 1. The van der Waals surface area contributed by atoms with E-state index in [-0.39, 0.29) is 23.7 Å². The maximum Gasteiger partial charge on any atom is 0.262 e. The number of thiophene rings is 1. The molecule has 2 atom stereocenters. The second kappa shape index (κ2) is 11.4. The Kier molecular flexibility index (Phi) is 8.11. The number of amides is 2. The zero-order chi connectivity index (χ0) is 24.8. The summed E-state index contributed by atoms with van der Waals surface area (Å²) in [6, 6.07) is 18.8. The molecule has 1 aliphatic carbocycles. The van der Waals surface area contributed by atoms with Gasteiger partial charge < -0.3 is 15.4 Å². The van der Waals surface area contributed by atoms with Crippen molar-refractivity contribution in [2.24, 2.45) is 5.92 Å². The predicted molar refractivity (Wildman–Crippen MR) is 141 cm³/mol. The van der Waals surface area contributed by atoms with Gasteiger partial charge in [-0.3, -0.25) is 9.59 Å². The van der Waals surface area contributed by atoms with Crippen LogP contribution in [0.4, 0.5) is 10.7 Å². The Bertz CT molecular complexity index is 1250. The average molecular weight is 506 g/mol. The van der Waals surface area contributed by atoms with Crippen LogP contribution >= 0.6 is 23.1 Å². The van der Waals surface area contributed by atoms with Crippen LogP contribution in [-0.2, 0) is 22.4 Å². The molecule has 6 nitrogen and oxygen atoms in total. The van der Waals surface area contributed by atoms with E-state index in [2.05, 4.69) is 23.6 Å². The normalized spacial score (nSPS) is 15.4. The van der Waals surface area contributed by atoms with Crippen LogP contribution in [0.3, 0.4) is 0 Å². The Hall–Kier alpha value is -3.28. The smallest absolute Gasteiger partial charge is 0.262 e. The number of nitrogens with zero attached hydrogens (tertiary/aromatic N) is 1. The fourth-order valence-corrected chi connectivity index (χ4v) is 6.23. The third-order valence-corrected chi connectivity index (χ3v) is 8.04. The van der Waals surface area contributed by atoms with Gasteiger partial charge >= 0.3 is 0 Å². The molecule has 1 aliphatic rings. The maximum atomic E-state index is 12.9. The average Bonchev–Trinajstić information content (AvgIpc) is 3.19. The molecular weight excluding hydrogens is 478 g/mol. The summed E-state index contributed by atoms with van der Waals surface area (Å²) in [5, 5.41) is 15.8. The number of thioether (sulfide) groups is 1. The first-order chi connectivity index (χ1) is 16.9. The van der Waals surface area contributed by atoms with Gasteiger partial charge in [0.1, 0.15) is 16.8 Å². The lowest BCUT2D eigenvalue weighted by Crippen LogP contribution is -2.22. The summed E-state index contributed by atoms with van der Waals surface area (Å²) in [6.45, 7) is 3.96. The van der Waals surface area contributed by atoms with Gasteiger partial charge in [0, 0.05) is 15.5 Å². The van der Waals surface area contributed by atoms with Crippen LogP contribution in [-0.4, -0.2) is 23.7 Å². The zero-order valence-electron chi connectivity index (χ0n) is 19.7. The van der Waals surface area contributed by atoms with Gasteiger partial charge in [-0.25, -0.2) is 0 Å². The van der Waals surface area contributed by atoms with Crippen molar-refractivity contribution in [3.63, 3.8) is 0 Å². The van der Waals surface area contributed by atoms with Crippen molar-refractivity contribution < 1.29 is 14.3 Å². The van der Waals surface area contributed by atoms with Crippen molar-refractivity contribution in [3.8, 4) is 11.8 Å². The van der Waals surface area contributed by atoms with E-state index in [0.29, 0.717) is 27.9 Å². The quantitative estimate of drug-likeness (QED) is 0.373. The molecule has 0 bridgehead atoms. The Balaban J connectivity index is 1.34. The number of carbonyl (C=O) groups excluding carboxylic acids is 2. The minimum absolute atomic E-state index is 0.0923. The third kappa shape index (κ3) is 6.44. The summed E-state index contributed by atoms with van der Waals surface area (Å²) in [7, 11) is 0. The van der Waals surface area contributed by atoms with Crippen molar-refractivity contribution in [1.29, 1.82) is 5.26 Å². The number of para-hydroxylation sites is 1. The van der Waals surface area contributed by atoms with Crippen molar-refractivity contribution in [2.75, 3.05) is 17.2 Å². The van der Waals surface area contributed by atoms with Crippen LogP contribution in [0.15, 0.2) is 59.5 Å². The topological polar surface area (TPSA) is 91.2 Å². The zero-order valence-corrected chi connectivity index (χ0v) is 21.3. The molecule has 2 N–H and O–H groups in total. The predicted octanol–water partition coefficient (Wildman–Crippen LogP) is 5.88. The first kappa shape index (κ1) is 24.8. The number of carbonyl (C=O) groups is 2. The van der Waals surface area contributed by atoms with Crippen molar-refractivity contribution in [3.05, 3.63) is 70.6 Å². The van der Waals surface area contributed by atoms with E-state index >= 15 is 0 Å². The molecule has 0 fully saturated rings. The first-order valence-corrected chi connectivity index (χ1v) is 13.2. The lowest BCUT2D eigenvalue weighted by atomic mass is 9.89. The molecule has 0 aliphatic heterocycles. The summed E-state index contributed by atoms with van der Waals surface area (Å²) >= 11 is 2.93. The Labute approximate surface area is 213 Å². The number of rotatable bonds is 8. The summed E-state index contributed by atoms with van der Waals surface area (Å²) in [6.07, 6.45) is 2.93. The fourth-order valence-electron chi connectivity index (χ4n) is 3.94. The minimum Gasteiger partial charge on any atom is -0.484 e. The molecule has 35 heavy (non-hydrogen) atoms. The van der Waals surface area contributed by atoms with Crippen LogP contribution in [0.25, 0.3) is 0 Å². The SMILES string of the molecule is CC1CCc2c(sc(NC(=O)C(C)Sc3cccc(NC(=O)COc4ccccc4)c3)c2C#N)C1. The number of ether oxygens (including phenoxy) is 1. The molecular formula is C27H27N3O3S2. The Morgan fingerprint density at radius 3 is 2.77 bits per heavy atom. The molecule has 2 unspecified atom stereocenters. The highest BCUT2D eigenvalue weighted by atomic mass is 32.2. The van der Waals surface area contributed by atoms with Gasteiger partial charge in [0.15, 0.2) is 6.61 Å². The second-order valence-electron chi connectivity index (χ2n) is 8.59. The summed E-state index contributed by atoms with van der Waals surface area (Å²) in [5.41, 5.74) is 2.35. The van der Waals surface area contributed by atoms with Gasteiger partial charge in [-0.15, -0.1) is 23.1 Å². The van der Waals surface area contributed by atoms with Gasteiger partial charge in [-0.2, -0.15) is 5.26 Å². The molecule has 0 saturated heterocycles. The van der Waals surface area contributed by atoms with E-state index in [1.807, 2.05) is 43.3 Å². The van der Waals surface area contributed by atoms with E-state index < -0.39 is 0 Å². The number of anilines is 2. The van der Waals surface area contributed by atoms with Gasteiger partial charge in [0.25, 0.3) is 5.91 Å². The highest BCUT2D eigenvalue weighted by Crippen LogP contribution is 2.39. The fraction of sp³-hybridized carbons (Fsp3) is 0.296. The Morgan fingerprint density at radius 1 is 1.20 bits per heavy atom. The molecule has 1 heterocycles. The number of hydrogen-bond acceptors (Lipinski definition) is 6. The van der Waals surface area contributed by atoms with E-state index in [9.17, 15) is 14.9 Å². The van der Waals surface area contributed by atoms with E-state index in [1.165, 1.54) is 28.0 Å². The molecule has 4 rings (SSSR count). The highest BCUT2D eigenvalue weighted by molar-refractivity contribution is 8.00. The molecule has 0 spiro atoms. The highest BCUT2D eigenvalue weighted by Gasteiger charge is 2.26. The molecule has 2 amide bonds. The standard InChI is InChI=1S/C27H27N3O3S2/c1-17-11-12-22-23(15-28)27(35-24(22)13-17)30-26(32)18(2)34-21-10-6-7-19(14-21)29-25(31)16-33-20-8-4-3-5-9-20/h3-10,14,17-18H,11-13,16H2,1-2H3,(H,29,31)(H,30,32). The monoisotopic (exact) mass is 505 g/mol. The van der Waals surface area contributed by atoms with Gasteiger partial charge in [0.05, 0.1) is 10.8 Å². The first-order valence-electron chi connectivity index (χ1n) is 11.5. The molecule has 8 heteroatoms. The molecule has 0 saturated carbocycles. The number of hydrogen-bond donors (Lipinski definition) is 2. The van der Waals surface area contributed by atoms with Crippen LogP contribution < -0.4 is 15.4 Å². The molecule has 180 valence electrons. The second-order valence-corrected chi connectivity index (χ2v) is 11.1. The largest absolute Gasteiger partial charge is 0.484 e. The Morgan fingerprint density at radius 2 is 2.00 bits per heavy atom. The summed E-state index contributed by atoms with van der Waals surface area (Å²) < 4.78 is 5.49. The molecule has 1 aromatic heterocycles. The van der Waals surface area contributed by atoms with Gasteiger partial charge in [-0.05, 0) is 68.0 Å². The molecule has 3 aromatic rings. The van der Waals surface area contributed by atoms with Crippen LogP contribution in [0, 0.1) is 17.2 Å². The van der Waals surface area contributed by atoms with E-state index in [1.54, 1.807) is 18.2 Å². The lowest BCUT2D eigenvalue weighted by Gasteiger charge is -2.17. The third-order valence-electron chi connectivity index (χ3n) is 5.77. The lowest BCUT2D eigenvalue weighted by molar-refractivity contribution is -0.118. The number of nitrogens with one attached hydrogen (secondary N) is 2. The van der Waals surface area contributed by atoms with Crippen LogP contribution in [0.2, 0.25) is 0 Å². The van der Waals surface area contributed by atoms with Crippen molar-refractivity contribution in [1.82, 2.24) is 0 Å². The van der Waals surface area contributed by atoms with Gasteiger partial charge in [0.2, 0.25) is 5.91 Å². The number of benzene rings is 2. The number of nitriles is 1. The van der Waals surface area contributed by atoms with E-state index in [0.717, 1.165) is 29.7 Å². The van der Waals surface area contributed by atoms with Crippen molar-refractivity contribution >= 4 is 45.6 Å². The summed E-state index contributed by atoms with van der Waals surface area (Å²) in [4.78, 5) is 27.3. The minimum atomic E-state index is -0.382. The van der Waals surface area contributed by atoms with Crippen LogP contribution in [0.1, 0.15) is 36.3 Å². The maximum absolute atomic E-state index is 12.9. The van der Waals surface area contributed by atoms with Crippen molar-refractivity contribution in [2.45, 2.75) is 43.3 Å². The molecule has 2 aromatic carbocycles. The van der Waals surface area contributed by atoms with Crippen LogP contribution in [0.5, 0.6) is 5.75 Å². The van der Waals surface area contributed by atoms with E-state index in [4.69, 9.17) is 4.74 Å². The van der Waals surface area contributed by atoms with Gasteiger partial charge in [-0.1, -0.05) is 31.2 Å². The summed E-state index contributed by atoms with van der Waals surface area (Å²) in [5.74, 6) is 0.821.